The third-order valence-corrected chi connectivity index (χ3v) is 6.41. The van der Waals surface area contributed by atoms with E-state index in [2.05, 4.69) is 20.4 Å². The van der Waals surface area contributed by atoms with Crippen molar-refractivity contribution in [2.75, 3.05) is 37.7 Å². The summed E-state index contributed by atoms with van der Waals surface area (Å²) in [5.41, 5.74) is 0.915. The molecule has 0 unspecified atom stereocenters. The van der Waals surface area contributed by atoms with Crippen molar-refractivity contribution in [3.63, 3.8) is 0 Å². The van der Waals surface area contributed by atoms with E-state index in [-0.39, 0.29) is 6.04 Å². The van der Waals surface area contributed by atoms with Gasteiger partial charge in [0.1, 0.15) is 18.1 Å². The second kappa shape index (κ2) is 10.6. The number of hydrogen-bond acceptors (Lipinski definition) is 7. The Kier molecular flexibility index (Phi) is 7.13. The van der Waals surface area contributed by atoms with Gasteiger partial charge >= 0.3 is 6.18 Å². The summed E-state index contributed by atoms with van der Waals surface area (Å²) in [6.45, 7) is 5.24. The van der Waals surface area contributed by atoms with Crippen LogP contribution >= 0.6 is 0 Å². The van der Waals surface area contributed by atoms with E-state index in [1.54, 1.807) is 17.0 Å². The number of rotatable bonds is 8. The van der Waals surface area contributed by atoms with Gasteiger partial charge in [-0.25, -0.2) is 4.68 Å². The fourth-order valence-electron chi connectivity index (χ4n) is 4.62. The monoisotopic (exact) mass is 512 g/mol. The highest BCUT2D eigenvalue weighted by Crippen LogP contribution is 2.33. The van der Waals surface area contributed by atoms with Gasteiger partial charge < -0.3 is 14.1 Å². The van der Waals surface area contributed by atoms with Crippen LogP contribution in [0.4, 0.5) is 18.9 Å². The Morgan fingerprint density at radius 3 is 2.46 bits per heavy atom. The molecule has 0 amide bonds. The number of benzene rings is 2. The molecule has 0 saturated carbocycles. The van der Waals surface area contributed by atoms with E-state index in [0.29, 0.717) is 50.8 Å². The van der Waals surface area contributed by atoms with E-state index in [9.17, 15) is 13.2 Å². The molecule has 1 fully saturated rings. The highest BCUT2D eigenvalue weighted by Gasteiger charge is 2.33. The van der Waals surface area contributed by atoms with E-state index in [0.717, 1.165) is 23.1 Å². The predicted molar refractivity (Wildman–Crippen MR) is 130 cm³/mol. The van der Waals surface area contributed by atoms with Crippen molar-refractivity contribution in [3.05, 3.63) is 89.6 Å². The standard InChI is InChI=1S/C26H27F3N6O2/c1-2-36-22-10-8-19(9-11-22)24(25-30-31-32-35(25)18-23-7-4-16-37-23)34-14-12-33(13-15-34)21-6-3-5-20(17-21)26(27,28)29/h3-11,16-17,24H,2,12-15,18H2,1H3/t24-/m1/s1. The van der Waals surface area contributed by atoms with Crippen LogP contribution < -0.4 is 9.64 Å². The molecule has 2 aromatic carbocycles. The summed E-state index contributed by atoms with van der Waals surface area (Å²) in [7, 11) is 0. The minimum atomic E-state index is -4.37. The van der Waals surface area contributed by atoms with Gasteiger partial charge in [0, 0.05) is 31.9 Å². The normalized spacial score (nSPS) is 15.6. The lowest BCUT2D eigenvalue weighted by Crippen LogP contribution is -2.48. The van der Waals surface area contributed by atoms with Crippen LogP contribution in [0.3, 0.4) is 0 Å². The molecule has 37 heavy (non-hydrogen) atoms. The Morgan fingerprint density at radius 2 is 1.78 bits per heavy atom. The molecule has 1 aliphatic rings. The smallest absolute Gasteiger partial charge is 0.416 e. The number of anilines is 1. The molecule has 1 atom stereocenters. The molecule has 194 valence electrons. The van der Waals surface area contributed by atoms with Crippen LogP contribution in [0.1, 0.15) is 35.7 Å². The molecular formula is C26H27F3N6O2. The molecule has 0 N–H and O–H groups in total. The average Bonchev–Trinajstić information content (AvgIpc) is 3.58. The zero-order valence-electron chi connectivity index (χ0n) is 20.3. The van der Waals surface area contributed by atoms with Crippen LogP contribution in [0.2, 0.25) is 0 Å². The van der Waals surface area contributed by atoms with Gasteiger partial charge in [-0.15, -0.1) is 5.10 Å². The lowest BCUT2D eigenvalue weighted by molar-refractivity contribution is -0.137. The van der Waals surface area contributed by atoms with Crippen LogP contribution in [-0.2, 0) is 12.7 Å². The lowest BCUT2D eigenvalue weighted by Gasteiger charge is -2.40. The summed E-state index contributed by atoms with van der Waals surface area (Å²) in [5.74, 6) is 2.16. The molecule has 4 aromatic rings. The number of alkyl halides is 3. The summed E-state index contributed by atoms with van der Waals surface area (Å²) < 4.78 is 52.5. The van der Waals surface area contributed by atoms with Crippen LogP contribution in [0.25, 0.3) is 0 Å². The number of ether oxygens (including phenoxy) is 1. The number of piperazine rings is 1. The summed E-state index contributed by atoms with van der Waals surface area (Å²) in [5, 5.41) is 12.5. The quantitative estimate of drug-likeness (QED) is 0.341. The van der Waals surface area contributed by atoms with E-state index in [4.69, 9.17) is 9.15 Å². The fraction of sp³-hybridized carbons (Fsp3) is 0.346. The van der Waals surface area contributed by atoms with Crippen molar-refractivity contribution in [1.82, 2.24) is 25.1 Å². The van der Waals surface area contributed by atoms with Gasteiger partial charge in [-0.2, -0.15) is 13.2 Å². The van der Waals surface area contributed by atoms with Crippen molar-refractivity contribution in [2.24, 2.45) is 0 Å². The van der Waals surface area contributed by atoms with E-state index in [1.807, 2.05) is 48.2 Å². The summed E-state index contributed by atoms with van der Waals surface area (Å²) in [4.78, 5) is 4.23. The Labute approximate surface area is 212 Å². The zero-order valence-corrected chi connectivity index (χ0v) is 20.3. The molecule has 2 aromatic heterocycles. The number of hydrogen-bond donors (Lipinski definition) is 0. The minimum absolute atomic E-state index is 0.260. The van der Waals surface area contributed by atoms with E-state index in [1.165, 1.54) is 12.1 Å². The van der Waals surface area contributed by atoms with Crippen LogP contribution in [-0.4, -0.2) is 57.9 Å². The molecule has 1 saturated heterocycles. The Morgan fingerprint density at radius 1 is 1.00 bits per heavy atom. The van der Waals surface area contributed by atoms with Gasteiger partial charge in [0.15, 0.2) is 5.82 Å². The topological polar surface area (TPSA) is 72.4 Å². The minimum Gasteiger partial charge on any atom is -0.494 e. The van der Waals surface area contributed by atoms with Gasteiger partial charge in [-0.1, -0.05) is 18.2 Å². The van der Waals surface area contributed by atoms with Crippen LogP contribution in [0, 0.1) is 0 Å². The maximum Gasteiger partial charge on any atom is 0.416 e. The highest BCUT2D eigenvalue weighted by atomic mass is 19.4. The Hall–Kier alpha value is -3.86. The predicted octanol–water partition coefficient (Wildman–Crippen LogP) is 4.64. The lowest BCUT2D eigenvalue weighted by atomic mass is 10.0. The molecule has 0 radical (unpaired) electrons. The van der Waals surface area contributed by atoms with Gasteiger partial charge in [0.05, 0.1) is 24.5 Å². The second-order valence-electron chi connectivity index (χ2n) is 8.75. The maximum atomic E-state index is 13.2. The molecule has 5 rings (SSSR count). The van der Waals surface area contributed by atoms with Crippen molar-refractivity contribution < 1.29 is 22.3 Å². The average molecular weight is 513 g/mol. The van der Waals surface area contributed by atoms with Crippen LogP contribution in [0.15, 0.2) is 71.3 Å². The van der Waals surface area contributed by atoms with Crippen molar-refractivity contribution in [1.29, 1.82) is 0 Å². The van der Waals surface area contributed by atoms with E-state index < -0.39 is 11.7 Å². The fourth-order valence-corrected chi connectivity index (χ4v) is 4.62. The van der Waals surface area contributed by atoms with Gasteiger partial charge in [-0.05, 0) is 65.4 Å². The number of halogens is 3. The summed E-state index contributed by atoms with van der Waals surface area (Å²) >= 11 is 0. The van der Waals surface area contributed by atoms with Crippen molar-refractivity contribution >= 4 is 5.69 Å². The molecule has 0 aliphatic carbocycles. The number of aromatic nitrogens is 4. The van der Waals surface area contributed by atoms with Crippen molar-refractivity contribution in [2.45, 2.75) is 25.7 Å². The first kappa shape index (κ1) is 24.8. The van der Waals surface area contributed by atoms with Crippen molar-refractivity contribution in [3.8, 4) is 5.75 Å². The molecule has 0 bridgehead atoms. The number of tetrazole rings is 1. The van der Waals surface area contributed by atoms with Gasteiger partial charge in [-0.3, -0.25) is 4.90 Å². The Balaban J connectivity index is 1.40. The molecule has 11 heteroatoms. The first-order valence-electron chi connectivity index (χ1n) is 12.1. The first-order chi connectivity index (χ1) is 17.9. The molecule has 3 heterocycles. The third-order valence-electron chi connectivity index (χ3n) is 6.41. The zero-order chi connectivity index (χ0) is 25.8. The number of furan rings is 1. The first-order valence-corrected chi connectivity index (χ1v) is 12.1. The third kappa shape index (κ3) is 5.61. The SMILES string of the molecule is CCOc1ccc([C@H](c2nnnn2Cc2ccco2)N2CCN(c3cccc(C(F)(F)F)c3)CC2)cc1. The molecule has 1 aliphatic heterocycles. The molecular weight excluding hydrogens is 485 g/mol. The maximum absolute atomic E-state index is 13.2. The molecule has 8 nitrogen and oxygen atoms in total. The highest BCUT2D eigenvalue weighted by molar-refractivity contribution is 5.50. The summed E-state index contributed by atoms with van der Waals surface area (Å²) in [6.07, 6.45) is -2.77. The molecule has 0 spiro atoms. The largest absolute Gasteiger partial charge is 0.494 e. The van der Waals surface area contributed by atoms with Gasteiger partial charge in [0.2, 0.25) is 0 Å². The Bertz CT molecular complexity index is 1280. The second-order valence-corrected chi connectivity index (χ2v) is 8.75. The van der Waals surface area contributed by atoms with Crippen LogP contribution in [0.5, 0.6) is 5.75 Å². The van der Waals surface area contributed by atoms with Gasteiger partial charge in [0.25, 0.3) is 0 Å². The van der Waals surface area contributed by atoms with E-state index >= 15 is 0 Å². The summed E-state index contributed by atoms with van der Waals surface area (Å²) in [6, 6.07) is 16.8. The number of nitrogens with zero attached hydrogens (tertiary/aromatic N) is 6.